The van der Waals surface area contributed by atoms with Gasteiger partial charge in [0.15, 0.2) is 0 Å². The number of rotatable bonds is 3. The second-order valence-electron chi connectivity index (χ2n) is 4.33. The molecule has 0 saturated heterocycles. The van der Waals surface area contributed by atoms with Gasteiger partial charge in [-0.3, -0.25) is 4.98 Å². The Hall–Kier alpha value is -0.890. The van der Waals surface area contributed by atoms with E-state index < -0.39 is 0 Å². The van der Waals surface area contributed by atoms with Gasteiger partial charge in [-0.05, 0) is 30.4 Å². The highest BCUT2D eigenvalue weighted by Crippen LogP contribution is 2.25. The number of nitrogens with zero attached hydrogens (tertiary/aromatic N) is 1. The average molecular weight is 192 g/mol. The quantitative estimate of drug-likeness (QED) is 0.799. The van der Waals surface area contributed by atoms with E-state index in [2.05, 4.69) is 38.7 Å². The number of aromatic nitrogens is 1. The Morgan fingerprint density at radius 1 is 1.29 bits per heavy atom. The van der Waals surface area contributed by atoms with Crippen molar-refractivity contribution in [1.29, 1.82) is 0 Å². The first-order valence-electron chi connectivity index (χ1n) is 5.21. The van der Waals surface area contributed by atoms with Crippen LogP contribution in [0, 0.1) is 18.8 Å². The highest BCUT2D eigenvalue weighted by atomic mass is 14.8. The molecule has 0 aliphatic heterocycles. The molecule has 0 fully saturated rings. The van der Waals surface area contributed by atoms with E-state index in [1.54, 1.807) is 0 Å². The maximum absolute atomic E-state index is 6.18. The monoisotopic (exact) mass is 192 g/mol. The van der Waals surface area contributed by atoms with E-state index in [0.29, 0.717) is 11.8 Å². The van der Waals surface area contributed by atoms with Crippen LogP contribution >= 0.6 is 0 Å². The van der Waals surface area contributed by atoms with Crippen molar-refractivity contribution in [2.75, 3.05) is 0 Å². The molecule has 0 radical (unpaired) electrons. The summed E-state index contributed by atoms with van der Waals surface area (Å²) in [7, 11) is 0. The molecule has 1 heterocycles. The van der Waals surface area contributed by atoms with E-state index in [0.717, 1.165) is 5.69 Å². The van der Waals surface area contributed by atoms with Crippen molar-refractivity contribution in [3.05, 3.63) is 29.6 Å². The molecular formula is C12H20N2. The summed E-state index contributed by atoms with van der Waals surface area (Å²) in [6.45, 7) is 8.64. The van der Waals surface area contributed by atoms with Crippen LogP contribution in [0.2, 0.25) is 0 Å². The fraction of sp³-hybridized carbons (Fsp3) is 0.583. The summed E-state index contributed by atoms with van der Waals surface area (Å²) in [5.74, 6) is 1.05. The third kappa shape index (κ3) is 2.32. The van der Waals surface area contributed by atoms with Crippen molar-refractivity contribution in [3.8, 4) is 0 Å². The molecule has 1 aromatic heterocycles. The van der Waals surface area contributed by atoms with Crippen molar-refractivity contribution in [3.63, 3.8) is 0 Å². The molecule has 78 valence electrons. The second kappa shape index (κ2) is 4.56. The summed E-state index contributed by atoms with van der Waals surface area (Å²) in [6, 6.07) is 4.07. The highest BCUT2D eigenvalue weighted by Gasteiger charge is 2.20. The Bertz CT molecular complexity index is 294. The topological polar surface area (TPSA) is 38.9 Å². The maximum Gasteiger partial charge on any atom is 0.0602 e. The zero-order chi connectivity index (χ0) is 10.7. The SMILES string of the molecule is Cc1cccnc1C(N)C(C)C(C)C. The number of aryl methyl sites for hydroxylation is 1. The van der Waals surface area contributed by atoms with Crippen LogP contribution in [0.15, 0.2) is 18.3 Å². The molecule has 0 aromatic carbocycles. The molecule has 0 bridgehead atoms. The molecule has 0 aliphatic carbocycles. The van der Waals surface area contributed by atoms with Crippen LogP contribution in [0.4, 0.5) is 0 Å². The van der Waals surface area contributed by atoms with Crippen LogP contribution in [0.3, 0.4) is 0 Å². The summed E-state index contributed by atoms with van der Waals surface area (Å²) in [4.78, 5) is 4.36. The van der Waals surface area contributed by atoms with Crippen molar-refractivity contribution < 1.29 is 0 Å². The molecule has 14 heavy (non-hydrogen) atoms. The van der Waals surface area contributed by atoms with Crippen LogP contribution in [-0.2, 0) is 0 Å². The van der Waals surface area contributed by atoms with Crippen LogP contribution in [0.5, 0.6) is 0 Å². The molecule has 2 heteroatoms. The molecule has 1 rings (SSSR count). The van der Waals surface area contributed by atoms with Gasteiger partial charge in [0.2, 0.25) is 0 Å². The molecule has 0 amide bonds. The molecular weight excluding hydrogens is 172 g/mol. The van der Waals surface area contributed by atoms with Gasteiger partial charge in [-0.25, -0.2) is 0 Å². The van der Waals surface area contributed by atoms with E-state index in [-0.39, 0.29) is 6.04 Å². The molecule has 0 spiro atoms. The van der Waals surface area contributed by atoms with E-state index in [1.165, 1.54) is 5.56 Å². The van der Waals surface area contributed by atoms with E-state index in [9.17, 15) is 0 Å². The summed E-state index contributed by atoms with van der Waals surface area (Å²) >= 11 is 0. The van der Waals surface area contributed by atoms with Gasteiger partial charge in [-0.15, -0.1) is 0 Å². The first-order chi connectivity index (χ1) is 6.54. The Morgan fingerprint density at radius 3 is 2.43 bits per heavy atom. The Kier molecular flexibility index (Phi) is 3.64. The standard InChI is InChI=1S/C12H20N2/c1-8(2)10(4)11(13)12-9(3)6-5-7-14-12/h5-8,10-11H,13H2,1-4H3. The Balaban J connectivity index is 2.89. The third-order valence-corrected chi connectivity index (χ3v) is 2.98. The lowest BCUT2D eigenvalue weighted by Crippen LogP contribution is -2.24. The first-order valence-corrected chi connectivity index (χ1v) is 5.21. The molecule has 2 unspecified atom stereocenters. The van der Waals surface area contributed by atoms with Gasteiger partial charge in [-0.1, -0.05) is 26.8 Å². The summed E-state index contributed by atoms with van der Waals surface area (Å²) in [6.07, 6.45) is 1.81. The van der Waals surface area contributed by atoms with E-state index in [4.69, 9.17) is 5.73 Å². The van der Waals surface area contributed by atoms with Crippen LogP contribution < -0.4 is 5.73 Å². The van der Waals surface area contributed by atoms with Gasteiger partial charge >= 0.3 is 0 Å². The van der Waals surface area contributed by atoms with Crippen molar-refractivity contribution in [1.82, 2.24) is 4.98 Å². The smallest absolute Gasteiger partial charge is 0.0602 e. The average Bonchev–Trinajstić information content (AvgIpc) is 2.16. The van der Waals surface area contributed by atoms with Gasteiger partial charge < -0.3 is 5.73 Å². The van der Waals surface area contributed by atoms with Crippen LogP contribution in [0.25, 0.3) is 0 Å². The van der Waals surface area contributed by atoms with Crippen molar-refractivity contribution in [2.24, 2.45) is 17.6 Å². The van der Waals surface area contributed by atoms with Crippen molar-refractivity contribution >= 4 is 0 Å². The van der Waals surface area contributed by atoms with Gasteiger partial charge in [-0.2, -0.15) is 0 Å². The number of hydrogen-bond donors (Lipinski definition) is 1. The minimum Gasteiger partial charge on any atom is -0.322 e. The Labute approximate surface area is 86.5 Å². The zero-order valence-corrected chi connectivity index (χ0v) is 9.49. The minimum absolute atomic E-state index is 0.0520. The lowest BCUT2D eigenvalue weighted by atomic mass is 9.87. The summed E-state index contributed by atoms with van der Waals surface area (Å²) in [5, 5.41) is 0. The fourth-order valence-corrected chi connectivity index (χ4v) is 1.51. The van der Waals surface area contributed by atoms with E-state index >= 15 is 0 Å². The second-order valence-corrected chi connectivity index (χ2v) is 4.33. The number of pyridine rings is 1. The van der Waals surface area contributed by atoms with E-state index in [1.807, 2.05) is 12.3 Å². The van der Waals surface area contributed by atoms with Gasteiger partial charge in [0.25, 0.3) is 0 Å². The molecule has 2 nitrogen and oxygen atoms in total. The molecule has 2 N–H and O–H groups in total. The number of hydrogen-bond acceptors (Lipinski definition) is 2. The predicted molar refractivity (Wildman–Crippen MR) is 59.9 cm³/mol. The van der Waals surface area contributed by atoms with Crippen molar-refractivity contribution in [2.45, 2.75) is 33.7 Å². The van der Waals surface area contributed by atoms with Gasteiger partial charge in [0, 0.05) is 6.20 Å². The fourth-order valence-electron chi connectivity index (χ4n) is 1.51. The lowest BCUT2D eigenvalue weighted by molar-refractivity contribution is 0.346. The molecule has 2 atom stereocenters. The molecule has 0 aliphatic rings. The predicted octanol–water partition coefficient (Wildman–Crippen LogP) is 2.68. The lowest BCUT2D eigenvalue weighted by Gasteiger charge is -2.23. The maximum atomic E-state index is 6.18. The normalized spacial score (nSPS) is 15.6. The summed E-state index contributed by atoms with van der Waals surface area (Å²) < 4.78 is 0. The van der Waals surface area contributed by atoms with Gasteiger partial charge in [0.1, 0.15) is 0 Å². The number of nitrogens with two attached hydrogens (primary N) is 1. The third-order valence-electron chi connectivity index (χ3n) is 2.98. The van der Waals surface area contributed by atoms with Crippen LogP contribution in [-0.4, -0.2) is 4.98 Å². The van der Waals surface area contributed by atoms with Gasteiger partial charge in [0.05, 0.1) is 11.7 Å². The highest BCUT2D eigenvalue weighted by molar-refractivity contribution is 5.21. The molecule has 0 saturated carbocycles. The largest absolute Gasteiger partial charge is 0.322 e. The minimum atomic E-state index is 0.0520. The Morgan fingerprint density at radius 2 is 1.93 bits per heavy atom. The van der Waals surface area contributed by atoms with Crippen LogP contribution in [0.1, 0.15) is 38.1 Å². The first kappa shape index (κ1) is 11.2. The zero-order valence-electron chi connectivity index (χ0n) is 9.49. The molecule has 1 aromatic rings. The summed E-state index contributed by atoms with van der Waals surface area (Å²) in [5.41, 5.74) is 8.40.